The Bertz CT molecular complexity index is 1180. The molecule has 2 aromatic rings. The third-order valence-electron chi connectivity index (χ3n) is 9.61. The summed E-state index contributed by atoms with van der Waals surface area (Å²) in [5, 5.41) is 0. The lowest BCUT2D eigenvalue weighted by Crippen LogP contribution is -2.46. The van der Waals surface area contributed by atoms with Gasteiger partial charge in [0.05, 0.1) is 5.41 Å². The standard InChI is InChI=1S/C32H39F2N3O3/c33-31(34)40-27-10-8-24(9-11-27)19-36-17-14-32(30(36)39)12-15-35(16-13-32)20-26-21-37(29(38)18-23-6-7-23)22-28(26)25-4-2-1-3-5-25/h1-5,8-11,23,26,28,31H,6-7,12-22H2. The van der Waals surface area contributed by atoms with Gasteiger partial charge in [-0.05, 0) is 80.3 Å². The molecule has 1 aliphatic carbocycles. The summed E-state index contributed by atoms with van der Waals surface area (Å²) in [4.78, 5) is 33.0. The molecule has 1 saturated carbocycles. The van der Waals surface area contributed by atoms with Crippen molar-refractivity contribution in [1.82, 2.24) is 14.7 Å². The first kappa shape index (κ1) is 27.2. The van der Waals surface area contributed by atoms with Crippen LogP contribution in [-0.2, 0) is 16.1 Å². The highest BCUT2D eigenvalue weighted by molar-refractivity contribution is 5.85. The van der Waals surface area contributed by atoms with Crippen LogP contribution in [0.15, 0.2) is 54.6 Å². The summed E-state index contributed by atoms with van der Waals surface area (Å²) < 4.78 is 29.3. The summed E-state index contributed by atoms with van der Waals surface area (Å²) in [5.41, 5.74) is 1.94. The number of amides is 2. The first-order valence-electron chi connectivity index (χ1n) is 14.8. The van der Waals surface area contributed by atoms with Crippen LogP contribution in [0.2, 0.25) is 0 Å². The molecule has 2 aromatic carbocycles. The maximum atomic E-state index is 13.5. The fraction of sp³-hybridized carbons (Fsp3) is 0.562. The van der Waals surface area contributed by atoms with E-state index in [-0.39, 0.29) is 17.1 Å². The fourth-order valence-electron chi connectivity index (χ4n) is 7.04. The quantitative estimate of drug-likeness (QED) is 0.433. The van der Waals surface area contributed by atoms with Crippen LogP contribution in [0.25, 0.3) is 0 Å². The second-order valence-electron chi connectivity index (χ2n) is 12.3. The van der Waals surface area contributed by atoms with Crippen molar-refractivity contribution >= 4 is 11.8 Å². The molecular formula is C32H39F2N3O3. The van der Waals surface area contributed by atoms with E-state index in [9.17, 15) is 18.4 Å². The van der Waals surface area contributed by atoms with Crippen molar-refractivity contribution in [3.05, 3.63) is 65.7 Å². The third-order valence-corrected chi connectivity index (χ3v) is 9.61. The summed E-state index contributed by atoms with van der Waals surface area (Å²) in [7, 11) is 0. The van der Waals surface area contributed by atoms with E-state index in [0.29, 0.717) is 36.6 Å². The number of alkyl halides is 2. The number of hydrogen-bond acceptors (Lipinski definition) is 4. The van der Waals surface area contributed by atoms with Gasteiger partial charge in [-0.3, -0.25) is 9.59 Å². The van der Waals surface area contributed by atoms with E-state index in [4.69, 9.17) is 0 Å². The molecule has 3 saturated heterocycles. The molecule has 0 radical (unpaired) electrons. The number of likely N-dealkylation sites (tertiary alicyclic amines) is 3. The molecular weight excluding hydrogens is 512 g/mol. The molecule has 8 heteroatoms. The van der Waals surface area contributed by atoms with Crippen LogP contribution >= 0.6 is 0 Å². The van der Waals surface area contributed by atoms with Crippen LogP contribution in [0, 0.1) is 17.3 Å². The number of halogens is 2. The van der Waals surface area contributed by atoms with Crippen LogP contribution in [-0.4, -0.2) is 72.4 Å². The smallest absolute Gasteiger partial charge is 0.387 e. The molecule has 2 unspecified atom stereocenters. The Kier molecular flexibility index (Phi) is 7.80. The van der Waals surface area contributed by atoms with E-state index >= 15 is 0 Å². The summed E-state index contributed by atoms with van der Waals surface area (Å²) in [5.74, 6) is 2.01. The fourth-order valence-corrected chi connectivity index (χ4v) is 7.04. The lowest BCUT2D eigenvalue weighted by Gasteiger charge is -2.39. The number of hydrogen-bond donors (Lipinski definition) is 0. The topological polar surface area (TPSA) is 53.1 Å². The van der Waals surface area contributed by atoms with E-state index < -0.39 is 6.61 Å². The Morgan fingerprint density at radius 1 is 0.950 bits per heavy atom. The molecule has 3 aliphatic heterocycles. The highest BCUT2D eigenvalue weighted by Gasteiger charge is 2.48. The average Bonchev–Trinajstić information content (AvgIpc) is 3.60. The molecule has 0 aromatic heterocycles. The lowest BCUT2D eigenvalue weighted by molar-refractivity contribution is -0.139. The van der Waals surface area contributed by atoms with Gasteiger partial charge in [-0.2, -0.15) is 8.78 Å². The number of nitrogens with zero attached hydrogens (tertiary/aromatic N) is 3. The molecule has 214 valence electrons. The van der Waals surface area contributed by atoms with E-state index in [1.165, 1.54) is 30.5 Å². The zero-order chi connectivity index (χ0) is 27.7. The molecule has 1 spiro atoms. The Morgan fingerprint density at radius 2 is 1.65 bits per heavy atom. The van der Waals surface area contributed by atoms with E-state index in [2.05, 4.69) is 38.8 Å². The van der Waals surface area contributed by atoms with E-state index in [1.54, 1.807) is 12.1 Å². The number of benzene rings is 2. The number of carbonyl (C=O) groups is 2. The van der Waals surface area contributed by atoms with Crippen LogP contribution in [0.3, 0.4) is 0 Å². The second-order valence-corrected chi connectivity index (χ2v) is 12.3. The van der Waals surface area contributed by atoms with Crippen LogP contribution < -0.4 is 4.74 Å². The Balaban J connectivity index is 1.04. The van der Waals surface area contributed by atoms with Crippen molar-refractivity contribution in [2.75, 3.05) is 39.3 Å². The zero-order valence-corrected chi connectivity index (χ0v) is 23.0. The monoisotopic (exact) mass is 551 g/mol. The molecule has 6 rings (SSSR count). The molecule has 3 heterocycles. The highest BCUT2D eigenvalue weighted by Crippen LogP contribution is 2.43. The van der Waals surface area contributed by atoms with Gasteiger partial charge < -0.3 is 19.4 Å². The Morgan fingerprint density at radius 3 is 2.33 bits per heavy atom. The number of piperidine rings is 1. The summed E-state index contributed by atoms with van der Waals surface area (Å²) in [6.45, 7) is 2.74. The van der Waals surface area contributed by atoms with Crippen molar-refractivity contribution in [3.8, 4) is 5.75 Å². The van der Waals surface area contributed by atoms with Gasteiger partial charge in [0.2, 0.25) is 11.8 Å². The van der Waals surface area contributed by atoms with Gasteiger partial charge in [-0.15, -0.1) is 0 Å². The molecule has 4 fully saturated rings. The molecule has 6 nitrogen and oxygen atoms in total. The molecule has 0 N–H and O–H groups in total. The summed E-state index contributed by atoms with van der Waals surface area (Å²) in [6.07, 6.45) is 5.67. The molecule has 0 bridgehead atoms. The number of rotatable bonds is 9. The second kappa shape index (κ2) is 11.5. The van der Waals surface area contributed by atoms with Crippen LogP contribution in [0.5, 0.6) is 5.75 Å². The van der Waals surface area contributed by atoms with Gasteiger partial charge in [0.15, 0.2) is 0 Å². The van der Waals surface area contributed by atoms with Gasteiger partial charge in [0, 0.05) is 45.1 Å². The molecule has 4 aliphatic rings. The predicted molar refractivity (Wildman–Crippen MR) is 148 cm³/mol. The predicted octanol–water partition coefficient (Wildman–Crippen LogP) is 5.14. The third kappa shape index (κ3) is 6.02. The summed E-state index contributed by atoms with van der Waals surface area (Å²) in [6, 6.07) is 17.2. The summed E-state index contributed by atoms with van der Waals surface area (Å²) >= 11 is 0. The van der Waals surface area contributed by atoms with E-state index in [0.717, 1.165) is 64.1 Å². The highest BCUT2D eigenvalue weighted by atomic mass is 19.3. The minimum absolute atomic E-state index is 0.127. The van der Waals surface area contributed by atoms with Gasteiger partial charge in [0.1, 0.15) is 5.75 Å². The minimum atomic E-state index is -2.84. The van der Waals surface area contributed by atoms with Crippen molar-refractivity contribution < 1.29 is 23.1 Å². The minimum Gasteiger partial charge on any atom is -0.435 e. The average molecular weight is 552 g/mol. The first-order chi connectivity index (χ1) is 19.4. The molecule has 2 amide bonds. The van der Waals surface area contributed by atoms with Crippen LogP contribution in [0.4, 0.5) is 8.78 Å². The van der Waals surface area contributed by atoms with Gasteiger partial charge in [0.25, 0.3) is 0 Å². The van der Waals surface area contributed by atoms with Crippen LogP contribution in [0.1, 0.15) is 55.6 Å². The van der Waals surface area contributed by atoms with Crippen molar-refractivity contribution in [1.29, 1.82) is 0 Å². The van der Waals surface area contributed by atoms with Gasteiger partial charge >= 0.3 is 6.61 Å². The van der Waals surface area contributed by atoms with Gasteiger partial charge in [-0.25, -0.2) is 0 Å². The van der Waals surface area contributed by atoms with Crippen molar-refractivity contribution in [2.24, 2.45) is 17.3 Å². The number of ether oxygens (including phenoxy) is 1. The maximum absolute atomic E-state index is 13.5. The van der Waals surface area contributed by atoms with E-state index in [1.807, 2.05) is 11.0 Å². The van der Waals surface area contributed by atoms with Crippen molar-refractivity contribution in [3.63, 3.8) is 0 Å². The number of carbonyl (C=O) groups excluding carboxylic acids is 2. The Labute approximate surface area is 235 Å². The molecule has 40 heavy (non-hydrogen) atoms. The normalized spacial score (nSPS) is 24.8. The van der Waals surface area contributed by atoms with Crippen molar-refractivity contribution in [2.45, 2.75) is 57.6 Å². The Hall–Kier alpha value is -3.00. The largest absolute Gasteiger partial charge is 0.435 e. The maximum Gasteiger partial charge on any atom is 0.387 e. The molecule has 2 atom stereocenters. The zero-order valence-electron chi connectivity index (χ0n) is 23.0. The first-order valence-corrected chi connectivity index (χ1v) is 14.8. The van der Waals surface area contributed by atoms with Gasteiger partial charge in [-0.1, -0.05) is 42.5 Å². The lowest BCUT2D eigenvalue weighted by atomic mass is 9.76. The SMILES string of the molecule is O=C(CC1CC1)N1CC(CN2CCC3(CC2)CCN(Cc2ccc(OC(F)F)cc2)C3=O)C(c2ccccc2)C1.